The van der Waals surface area contributed by atoms with Gasteiger partial charge in [-0.15, -0.1) is 0 Å². The Hall–Kier alpha value is -2.10. The first-order chi connectivity index (χ1) is 8.58. The first-order valence-corrected chi connectivity index (χ1v) is 6.03. The second-order valence-corrected chi connectivity index (χ2v) is 4.62. The number of nitrogens with two attached hydrogens (primary N) is 1. The normalized spacial score (nSPS) is 10.7. The van der Waals surface area contributed by atoms with Crippen molar-refractivity contribution in [1.29, 1.82) is 0 Å². The number of rotatable bonds is 3. The summed E-state index contributed by atoms with van der Waals surface area (Å²) in [6.45, 7) is 6.43. The third-order valence-electron chi connectivity index (χ3n) is 2.85. The van der Waals surface area contributed by atoms with E-state index in [1.807, 2.05) is 6.07 Å². The molecule has 1 aromatic carbocycles. The minimum absolute atomic E-state index is 0.277. The predicted octanol–water partition coefficient (Wildman–Crippen LogP) is 3.23. The summed E-state index contributed by atoms with van der Waals surface area (Å²) in [7, 11) is 0. The second kappa shape index (κ2) is 5.04. The Kier molecular flexibility index (Phi) is 3.46. The summed E-state index contributed by atoms with van der Waals surface area (Å²) in [5, 5.41) is 3.33. The van der Waals surface area contributed by atoms with Gasteiger partial charge in [0.25, 0.3) is 0 Å². The smallest absolute Gasteiger partial charge is 0.221 e. The molecular formula is C14H18N4. The first kappa shape index (κ1) is 12.4. The van der Waals surface area contributed by atoms with Gasteiger partial charge in [0.1, 0.15) is 5.82 Å². The van der Waals surface area contributed by atoms with Crippen molar-refractivity contribution >= 4 is 17.5 Å². The van der Waals surface area contributed by atoms with Crippen molar-refractivity contribution in [3.8, 4) is 0 Å². The van der Waals surface area contributed by atoms with Gasteiger partial charge in [-0.25, -0.2) is 4.98 Å². The molecule has 4 nitrogen and oxygen atoms in total. The summed E-state index contributed by atoms with van der Waals surface area (Å²) in [4.78, 5) is 8.05. The molecule has 0 amide bonds. The van der Waals surface area contributed by atoms with Crippen LogP contribution in [0.1, 0.15) is 30.9 Å². The SMILES string of the molecule is Cc1cccc(C(C)C)c1Nc1ccnc(N)n1. The minimum atomic E-state index is 0.277. The van der Waals surface area contributed by atoms with E-state index in [1.54, 1.807) is 6.20 Å². The Morgan fingerprint density at radius 1 is 1.22 bits per heavy atom. The average molecular weight is 242 g/mol. The number of hydrogen-bond acceptors (Lipinski definition) is 4. The van der Waals surface area contributed by atoms with E-state index in [2.05, 4.69) is 54.3 Å². The molecule has 0 bridgehead atoms. The van der Waals surface area contributed by atoms with Crippen LogP contribution in [-0.4, -0.2) is 9.97 Å². The highest BCUT2D eigenvalue weighted by molar-refractivity contribution is 5.65. The van der Waals surface area contributed by atoms with Crippen molar-refractivity contribution in [3.05, 3.63) is 41.6 Å². The van der Waals surface area contributed by atoms with Crippen LogP contribution in [0.5, 0.6) is 0 Å². The number of nitrogens with one attached hydrogen (secondary N) is 1. The third kappa shape index (κ3) is 2.59. The Morgan fingerprint density at radius 3 is 2.67 bits per heavy atom. The number of benzene rings is 1. The molecule has 0 unspecified atom stereocenters. The Balaban J connectivity index is 2.39. The van der Waals surface area contributed by atoms with Gasteiger partial charge in [-0.05, 0) is 30.0 Å². The van der Waals surface area contributed by atoms with Crippen LogP contribution in [0.3, 0.4) is 0 Å². The fraction of sp³-hybridized carbons (Fsp3) is 0.286. The van der Waals surface area contributed by atoms with Gasteiger partial charge >= 0.3 is 0 Å². The lowest BCUT2D eigenvalue weighted by Crippen LogP contribution is -2.03. The molecular weight excluding hydrogens is 224 g/mol. The molecule has 18 heavy (non-hydrogen) atoms. The molecule has 2 aromatic rings. The van der Waals surface area contributed by atoms with Crippen molar-refractivity contribution in [2.45, 2.75) is 26.7 Å². The van der Waals surface area contributed by atoms with Gasteiger partial charge in [0.05, 0.1) is 0 Å². The van der Waals surface area contributed by atoms with Crippen LogP contribution in [0, 0.1) is 6.92 Å². The van der Waals surface area contributed by atoms with E-state index in [4.69, 9.17) is 5.73 Å². The number of nitrogen functional groups attached to an aromatic ring is 1. The molecule has 0 aliphatic heterocycles. The molecule has 4 heteroatoms. The van der Waals surface area contributed by atoms with E-state index in [1.165, 1.54) is 11.1 Å². The predicted molar refractivity (Wildman–Crippen MR) is 75.0 cm³/mol. The summed E-state index contributed by atoms with van der Waals surface area (Å²) >= 11 is 0. The number of aryl methyl sites for hydroxylation is 1. The summed E-state index contributed by atoms with van der Waals surface area (Å²) in [5.74, 6) is 1.45. The first-order valence-electron chi connectivity index (χ1n) is 6.03. The van der Waals surface area contributed by atoms with Gasteiger partial charge in [0.2, 0.25) is 5.95 Å². The standard InChI is InChI=1S/C14H18N4/c1-9(2)11-6-4-5-10(3)13(11)17-12-7-8-16-14(15)18-12/h4-9H,1-3H3,(H3,15,16,17,18). The zero-order valence-electron chi connectivity index (χ0n) is 10.9. The van der Waals surface area contributed by atoms with Gasteiger partial charge in [-0.2, -0.15) is 4.98 Å². The Labute approximate surface area is 107 Å². The minimum Gasteiger partial charge on any atom is -0.368 e. The lowest BCUT2D eigenvalue weighted by atomic mass is 9.98. The maximum atomic E-state index is 5.59. The number of nitrogens with zero attached hydrogens (tertiary/aromatic N) is 2. The van der Waals surface area contributed by atoms with Crippen molar-refractivity contribution in [1.82, 2.24) is 9.97 Å². The molecule has 0 aliphatic carbocycles. The molecule has 0 fully saturated rings. The maximum absolute atomic E-state index is 5.59. The molecule has 1 aromatic heterocycles. The van der Waals surface area contributed by atoms with Gasteiger partial charge < -0.3 is 11.1 Å². The molecule has 0 radical (unpaired) electrons. The van der Waals surface area contributed by atoms with E-state index in [0.717, 1.165) is 11.5 Å². The maximum Gasteiger partial charge on any atom is 0.221 e. The second-order valence-electron chi connectivity index (χ2n) is 4.62. The van der Waals surface area contributed by atoms with E-state index in [-0.39, 0.29) is 5.95 Å². The van der Waals surface area contributed by atoms with Crippen LogP contribution in [0.25, 0.3) is 0 Å². The lowest BCUT2D eigenvalue weighted by molar-refractivity contribution is 0.867. The summed E-state index contributed by atoms with van der Waals surface area (Å²) in [6.07, 6.45) is 1.65. The number of anilines is 3. The number of hydrogen-bond donors (Lipinski definition) is 2. The molecule has 3 N–H and O–H groups in total. The number of aromatic nitrogens is 2. The molecule has 94 valence electrons. The largest absolute Gasteiger partial charge is 0.368 e. The van der Waals surface area contributed by atoms with Gasteiger partial charge in [-0.1, -0.05) is 32.0 Å². The lowest BCUT2D eigenvalue weighted by Gasteiger charge is -2.16. The highest BCUT2D eigenvalue weighted by Crippen LogP contribution is 2.29. The van der Waals surface area contributed by atoms with E-state index in [0.29, 0.717) is 5.92 Å². The summed E-state index contributed by atoms with van der Waals surface area (Å²) in [5.41, 5.74) is 9.15. The molecule has 1 heterocycles. The molecule has 0 aliphatic rings. The van der Waals surface area contributed by atoms with Gasteiger partial charge in [0, 0.05) is 11.9 Å². The quantitative estimate of drug-likeness (QED) is 0.867. The molecule has 0 saturated heterocycles. The topological polar surface area (TPSA) is 63.8 Å². The highest BCUT2D eigenvalue weighted by atomic mass is 15.1. The van der Waals surface area contributed by atoms with Gasteiger partial charge in [-0.3, -0.25) is 0 Å². The van der Waals surface area contributed by atoms with Crippen LogP contribution in [0.15, 0.2) is 30.5 Å². The van der Waals surface area contributed by atoms with Crippen molar-refractivity contribution < 1.29 is 0 Å². The molecule has 2 rings (SSSR count). The molecule has 0 spiro atoms. The fourth-order valence-corrected chi connectivity index (χ4v) is 1.91. The number of para-hydroxylation sites is 1. The molecule has 0 saturated carbocycles. The van der Waals surface area contributed by atoms with Crippen LogP contribution in [-0.2, 0) is 0 Å². The van der Waals surface area contributed by atoms with Crippen LogP contribution in [0.4, 0.5) is 17.5 Å². The van der Waals surface area contributed by atoms with Crippen molar-refractivity contribution in [2.75, 3.05) is 11.1 Å². The summed E-state index contributed by atoms with van der Waals surface area (Å²) in [6, 6.07) is 8.10. The summed E-state index contributed by atoms with van der Waals surface area (Å²) < 4.78 is 0. The van der Waals surface area contributed by atoms with Crippen LogP contribution < -0.4 is 11.1 Å². The van der Waals surface area contributed by atoms with Crippen LogP contribution in [0.2, 0.25) is 0 Å². The van der Waals surface area contributed by atoms with Crippen molar-refractivity contribution in [2.24, 2.45) is 0 Å². The van der Waals surface area contributed by atoms with E-state index in [9.17, 15) is 0 Å². The fourth-order valence-electron chi connectivity index (χ4n) is 1.91. The Morgan fingerprint density at radius 2 is 2.00 bits per heavy atom. The van der Waals surface area contributed by atoms with Crippen molar-refractivity contribution in [3.63, 3.8) is 0 Å². The van der Waals surface area contributed by atoms with E-state index >= 15 is 0 Å². The zero-order chi connectivity index (χ0) is 13.1. The third-order valence-corrected chi connectivity index (χ3v) is 2.85. The zero-order valence-corrected chi connectivity index (χ0v) is 10.9. The monoisotopic (exact) mass is 242 g/mol. The van der Waals surface area contributed by atoms with Gasteiger partial charge in [0.15, 0.2) is 0 Å². The average Bonchev–Trinajstić information content (AvgIpc) is 2.31. The van der Waals surface area contributed by atoms with Crippen LogP contribution >= 0.6 is 0 Å². The van der Waals surface area contributed by atoms with E-state index < -0.39 is 0 Å². The highest BCUT2D eigenvalue weighted by Gasteiger charge is 2.09. The Bertz CT molecular complexity index is 549. The molecule has 0 atom stereocenters.